The lowest BCUT2D eigenvalue weighted by Crippen LogP contribution is -2.34. The first-order valence-corrected chi connectivity index (χ1v) is 8.46. The maximum Gasteiger partial charge on any atom is 0.241 e. The van der Waals surface area contributed by atoms with Crippen LogP contribution >= 0.6 is 11.3 Å². The van der Waals surface area contributed by atoms with Gasteiger partial charge in [0, 0.05) is 0 Å². The van der Waals surface area contributed by atoms with Crippen molar-refractivity contribution in [1.82, 2.24) is 20.4 Å². The van der Waals surface area contributed by atoms with Gasteiger partial charge in [-0.25, -0.2) is 0 Å². The summed E-state index contributed by atoms with van der Waals surface area (Å²) in [6, 6.07) is 4.03. The van der Waals surface area contributed by atoms with E-state index in [1.807, 2.05) is 24.6 Å². The highest BCUT2D eigenvalue weighted by atomic mass is 32.1. The lowest BCUT2D eigenvalue weighted by Gasteiger charge is -2.30. The minimum absolute atomic E-state index is 0.712. The standard InChI is InChI=1S/C15H22N4OS/c1-16-7-4-12-5-8-19(9-6-12)11-14-17-15(18-20-14)13-3-2-10-21-13/h2-3,10,12,16H,4-9,11H2,1H3. The molecule has 114 valence electrons. The number of rotatable bonds is 6. The molecule has 1 fully saturated rings. The molecule has 5 nitrogen and oxygen atoms in total. The van der Waals surface area contributed by atoms with Crippen molar-refractivity contribution in [2.24, 2.45) is 5.92 Å². The van der Waals surface area contributed by atoms with Crippen molar-refractivity contribution < 1.29 is 4.52 Å². The average Bonchev–Trinajstić information content (AvgIpc) is 3.17. The zero-order valence-electron chi connectivity index (χ0n) is 12.4. The van der Waals surface area contributed by atoms with E-state index in [1.165, 1.54) is 19.3 Å². The van der Waals surface area contributed by atoms with Gasteiger partial charge in [-0.05, 0) is 63.3 Å². The van der Waals surface area contributed by atoms with Crippen LogP contribution in [0.5, 0.6) is 0 Å². The van der Waals surface area contributed by atoms with Gasteiger partial charge in [0.15, 0.2) is 0 Å². The van der Waals surface area contributed by atoms with Gasteiger partial charge in [-0.2, -0.15) is 4.98 Å². The maximum absolute atomic E-state index is 5.38. The molecule has 2 aromatic rings. The second-order valence-corrected chi connectivity index (χ2v) is 6.55. The lowest BCUT2D eigenvalue weighted by atomic mass is 9.93. The highest BCUT2D eigenvalue weighted by Gasteiger charge is 2.20. The third-order valence-electron chi connectivity index (χ3n) is 4.08. The predicted molar refractivity (Wildman–Crippen MR) is 84.2 cm³/mol. The van der Waals surface area contributed by atoms with E-state index in [1.54, 1.807) is 11.3 Å². The summed E-state index contributed by atoms with van der Waals surface area (Å²) in [6.07, 6.45) is 3.83. The molecule has 1 N–H and O–H groups in total. The van der Waals surface area contributed by atoms with Crippen LogP contribution in [0.1, 0.15) is 25.2 Å². The molecular formula is C15H22N4OS. The summed E-state index contributed by atoms with van der Waals surface area (Å²) < 4.78 is 5.38. The van der Waals surface area contributed by atoms with Crippen molar-refractivity contribution in [2.45, 2.75) is 25.8 Å². The van der Waals surface area contributed by atoms with Crippen molar-refractivity contribution in [3.8, 4) is 10.7 Å². The molecule has 1 saturated heterocycles. The number of thiophene rings is 1. The number of nitrogens with one attached hydrogen (secondary N) is 1. The third kappa shape index (κ3) is 3.90. The monoisotopic (exact) mass is 306 g/mol. The van der Waals surface area contributed by atoms with E-state index >= 15 is 0 Å². The topological polar surface area (TPSA) is 54.2 Å². The summed E-state index contributed by atoms with van der Waals surface area (Å²) >= 11 is 1.64. The van der Waals surface area contributed by atoms with E-state index < -0.39 is 0 Å². The van der Waals surface area contributed by atoms with Crippen LogP contribution in [-0.4, -0.2) is 41.7 Å². The Morgan fingerprint density at radius 2 is 2.29 bits per heavy atom. The van der Waals surface area contributed by atoms with Crippen molar-refractivity contribution >= 4 is 11.3 Å². The minimum atomic E-state index is 0.712. The van der Waals surface area contributed by atoms with Crippen molar-refractivity contribution in [1.29, 1.82) is 0 Å². The molecule has 0 radical (unpaired) electrons. The van der Waals surface area contributed by atoms with Crippen LogP contribution in [0, 0.1) is 5.92 Å². The lowest BCUT2D eigenvalue weighted by molar-refractivity contribution is 0.155. The van der Waals surface area contributed by atoms with Crippen LogP contribution in [0.25, 0.3) is 10.7 Å². The summed E-state index contributed by atoms with van der Waals surface area (Å²) in [6.45, 7) is 4.16. The molecule has 0 aliphatic carbocycles. The Kier molecular flexibility index (Phi) is 5.00. The molecule has 0 atom stereocenters. The molecule has 0 amide bonds. The molecule has 3 heterocycles. The number of hydrogen-bond acceptors (Lipinski definition) is 6. The zero-order valence-corrected chi connectivity index (χ0v) is 13.2. The fraction of sp³-hybridized carbons (Fsp3) is 0.600. The summed E-state index contributed by atoms with van der Waals surface area (Å²) in [5.41, 5.74) is 0. The van der Waals surface area contributed by atoms with E-state index in [4.69, 9.17) is 4.52 Å². The molecule has 1 aliphatic heterocycles. The fourth-order valence-corrected chi connectivity index (χ4v) is 3.45. The highest BCUT2D eigenvalue weighted by Crippen LogP contribution is 2.23. The quantitative estimate of drug-likeness (QED) is 0.889. The molecule has 2 aromatic heterocycles. The highest BCUT2D eigenvalue weighted by molar-refractivity contribution is 7.13. The Hall–Kier alpha value is -1.24. The maximum atomic E-state index is 5.38. The van der Waals surface area contributed by atoms with Gasteiger partial charge in [0.25, 0.3) is 0 Å². The van der Waals surface area contributed by atoms with Crippen molar-refractivity contribution in [3.05, 3.63) is 23.4 Å². The largest absolute Gasteiger partial charge is 0.338 e. The first-order chi connectivity index (χ1) is 10.3. The average molecular weight is 306 g/mol. The zero-order chi connectivity index (χ0) is 14.5. The normalized spacial score (nSPS) is 17.4. The first kappa shape index (κ1) is 14.7. The summed E-state index contributed by atoms with van der Waals surface area (Å²) in [5.74, 6) is 2.30. The smallest absolute Gasteiger partial charge is 0.241 e. The Morgan fingerprint density at radius 3 is 3.00 bits per heavy atom. The summed E-state index contributed by atoms with van der Waals surface area (Å²) in [4.78, 5) is 7.98. The molecule has 0 unspecified atom stereocenters. The van der Waals surface area contributed by atoms with Crippen LogP contribution in [0.2, 0.25) is 0 Å². The SMILES string of the molecule is CNCCC1CCN(Cc2nc(-c3cccs3)no2)CC1. The number of likely N-dealkylation sites (tertiary alicyclic amines) is 1. The Labute approximate surface area is 129 Å². The molecule has 0 bridgehead atoms. The van der Waals surface area contributed by atoms with Crippen LogP contribution in [0.4, 0.5) is 0 Å². The van der Waals surface area contributed by atoms with Crippen LogP contribution in [0.15, 0.2) is 22.0 Å². The van der Waals surface area contributed by atoms with Crippen LogP contribution < -0.4 is 5.32 Å². The second kappa shape index (κ2) is 7.15. The van der Waals surface area contributed by atoms with Crippen molar-refractivity contribution in [3.63, 3.8) is 0 Å². The van der Waals surface area contributed by atoms with E-state index in [2.05, 4.69) is 20.4 Å². The predicted octanol–water partition coefficient (Wildman–Crippen LogP) is 2.62. The molecule has 0 aromatic carbocycles. The van der Waals surface area contributed by atoms with Gasteiger partial charge < -0.3 is 9.84 Å². The Bertz CT molecular complexity index is 532. The van der Waals surface area contributed by atoms with Gasteiger partial charge >= 0.3 is 0 Å². The van der Waals surface area contributed by atoms with Gasteiger partial charge in [0.2, 0.25) is 11.7 Å². The van der Waals surface area contributed by atoms with Gasteiger partial charge in [-0.15, -0.1) is 11.3 Å². The molecule has 0 saturated carbocycles. The first-order valence-electron chi connectivity index (χ1n) is 7.58. The molecule has 6 heteroatoms. The van der Waals surface area contributed by atoms with Gasteiger partial charge in [-0.1, -0.05) is 11.2 Å². The Morgan fingerprint density at radius 1 is 1.43 bits per heavy atom. The Balaban J connectivity index is 1.49. The van der Waals surface area contributed by atoms with E-state index in [9.17, 15) is 0 Å². The minimum Gasteiger partial charge on any atom is -0.338 e. The van der Waals surface area contributed by atoms with E-state index in [-0.39, 0.29) is 0 Å². The van der Waals surface area contributed by atoms with E-state index in [0.717, 1.165) is 42.9 Å². The number of aromatic nitrogens is 2. The second-order valence-electron chi connectivity index (χ2n) is 5.60. The van der Waals surface area contributed by atoms with Crippen molar-refractivity contribution in [2.75, 3.05) is 26.7 Å². The molecule has 0 spiro atoms. The number of hydrogen-bond donors (Lipinski definition) is 1. The van der Waals surface area contributed by atoms with Gasteiger partial charge in [0.05, 0.1) is 11.4 Å². The molecular weight excluding hydrogens is 284 g/mol. The molecule has 21 heavy (non-hydrogen) atoms. The summed E-state index contributed by atoms with van der Waals surface area (Å²) in [7, 11) is 2.02. The fourth-order valence-electron chi connectivity index (χ4n) is 2.80. The van der Waals surface area contributed by atoms with Gasteiger partial charge in [0.1, 0.15) is 0 Å². The van der Waals surface area contributed by atoms with E-state index in [0.29, 0.717) is 5.82 Å². The van der Waals surface area contributed by atoms with Gasteiger partial charge in [-0.3, -0.25) is 4.90 Å². The number of nitrogens with zero attached hydrogens (tertiary/aromatic N) is 3. The molecule has 1 aliphatic rings. The van der Waals surface area contributed by atoms with Crippen LogP contribution in [0.3, 0.4) is 0 Å². The molecule has 3 rings (SSSR count). The third-order valence-corrected chi connectivity index (χ3v) is 4.94. The number of piperidine rings is 1. The summed E-state index contributed by atoms with van der Waals surface area (Å²) in [5, 5.41) is 9.33. The van der Waals surface area contributed by atoms with Crippen LogP contribution in [-0.2, 0) is 6.54 Å².